The molecule has 0 atom stereocenters. The molecule has 4 nitrogen and oxygen atoms in total. The van der Waals surface area contributed by atoms with E-state index in [1.165, 1.54) is 11.9 Å². The van der Waals surface area contributed by atoms with E-state index in [1.54, 1.807) is 0 Å². The third-order valence-corrected chi connectivity index (χ3v) is 4.06. The molecule has 24 heavy (non-hydrogen) atoms. The Morgan fingerprint density at radius 3 is 2.33 bits per heavy atom. The average molecular weight is 312 g/mol. The van der Waals surface area contributed by atoms with Gasteiger partial charge < -0.3 is 5.73 Å². The fourth-order valence-electron chi connectivity index (χ4n) is 2.78. The van der Waals surface area contributed by atoms with Crippen LogP contribution in [0.3, 0.4) is 0 Å². The van der Waals surface area contributed by atoms with Gasteiger partial charge in [-0.1, -0.05) is 60.2 Å². The Bertz CT molecular complexity index is 1010. The zero-order valence-corrected chi connectivity index (χ0v) is 13.3. The highest BCUT2D eigenvalue weighted by atomic mass is 15.0. The van der Waals surface area contributed by atoms with E-state index in [1.807, 2.05) is 24.3 Å². The number of rotatable bonds is 2. The monoisotopic (exact) mass is 312 g/mol. The minimum atomic E-state index is 0.445. The molecule has 4 aromatic rings. The van der Waals surface area contributed by atoms with Crippen LogP contribution >= 0.6 is 0 Å². The van der Waals surface area contributed by atoms with E-state index < -0.39 is 0 Å². The summed E-state index contributed by atoms with van der Waals surface area (Å²) in [6.45, 7) is 2.08. The van der Waals surface area contributed by atoms with Crippen LogP contribution < -0.4 is 5.73 Å². The van der Waals surface area contributed by atoms with E-state index in [-0.39, 0.29) is 0 Å². The molecule has 0 aliphatic carbocycles. The van der Waals surface area contributed by atoms with Gasteiger partial charge in [-0.05, 0) is 18.6 Å². The van der Waals surface area contributed by atoms with Crippen molar-refractivity contribution in [1.82, 2.24) is 15.0 Å². The van der Waals surface area contributed by atoms with Crippen molar-refractivity contribution < 1.29 is 0 Å². The predicted octanol–water partition coefficient (Wildman–Crippen LogP) is 4.25. The van der Waals surface area contributed by atoms with Gasteiger partial charge in [-0.15, -0.1) is 0 Å². The van der Waals surface area contributed by atoms with Gasteiger partial charge >= 0.3 is 0 Å². The first-order chi connectivity index (χ1) is 11.7. The molecule has 0 saturated heterocycles. The summed E-state index contributed by atoms with van der Waals surface area (Å²) in [4.78, 5) is 13.1. The summed E-state index contributed by atoms with van der Waals surface area (Å²) in [5.74, 6) is 0.445. The lowest BCUT2D eigenvalue weighted by Crippen LogP contribution is -1.98. The quantitative estimate of drug-likeness (QED) is 0.601. The topological polar surface area (TPSA) is 64.7 Å². The molecular formula is C20H16N4. The van der Waals surface area contributed by atoms with Gasteiger partial charge in [0, 0.05) is 11.1 Å². The van der Waals surface area contributed by atoms with E-state index in [0.717, 1.165) is 27.8 Å². The smallest absolute Gasteiger partial charge is 0.165 e. The van der Waals surface area contributed by atoms with Crippen molar-refractivity contribution >= 4 is 16.9 Å². The van der Waals surface area contributed by atoms with Crippen molar-refractivity contribution in [2.75, 3.05) is 5.73 Å². The lowest BCUT2D eigenvalue weighted by atomic mass is 9.97. The summed E-state index contributed by atoms with van der Waals surface area (Å²) in [5.41, 5.74) is 11.9. The van der Waals surface area contributed by atoms with Crippen LogP contribution in [-0.4, -0.2) is 15.0 Å². The molecule has 0 bridgehead atoms. The van der Waals surface area contributed by atoms with Gasteiger partial charge in [-0.25, -0.2) is 15.0 Å². The van der Waals surface area contributed by atoms with Crippen LogP contribution in [0.15, 0.2) is 67.0 Å². The predicted molar refractivity (Wildman–Crippen MR) is 97.4 cm³/mol. The van der Waals surface area contributed by atoms with Crippen molar-refractivity contribution in [3.8, 4) is 22.4 Å². The lowest BCUT2D eigenvalue weighted by Gasteiger charge is -2.12. The lowest BCUT2D eigenvalue weighted by molar-refractivity contribution is 1.19. The second kappa shape index (κ2) is 5.74. The number of fused-ring (bicyclic) bond motifs is 1. The van der Waals surface area contributed by atoms with Gasteiger partial charge in [0.05, 0.1) is 11.1 Å². The Balaban J connectivity index is 2.05. The van der Waals surface area contributed by atoms with Gasteiger partial charge in [0.2, 0.25) is 0 Å². The highest BCUT2D eigenvalue weighted by Gasteiger charge is 2.13. The van der Waals surface area contributed by atoms with E-state index in [2.05, 4.69) is 53.3 Å². The summed E-state index contributed by atoms with van der Waals surface area (Å²) in [5, 5.41) is 0.771. The first kappa shape index (κ1) is 14.3. The van der Waals surface area contributed by atoms with Crippen molar-refractivity contribution in [3.05, 3.63) is 72.6 Å². The number of pyridine rings is 1. The number of aromatic nitrogens is 3. The summed E-state index contributed by atoms with van der Waals surface area (Å²) < 4.78 is 0. The number of nitrogens with zero attached hydrogens (tertiary/aromatic N) is 3. The number of nitrogens with two attached hydrogens (primary N) is 1. The van der Waals surface area contributed by atoms with Crippen LogP contribution in [0.1, 0.15) is 5.56 Å². The maximum Gasteiger partial charge on any atom is 0.165 e. The fourth-order valence-corrected chi connectivity index (χ4v) is 2.78. The molecule has 0 saturated carbocycles. The summed E-state index contributed by atoms with van der Waals surface area (Å²) in [6.07, 6.45) is 1.45. The van der Waals surface area contributed by atoms with Crippen LogP contribution in [-0.2, 0) is 0 Å². The molecule has 2 heterocycles. The van der Waals surface area contributed by atoms with E-state index >= 15 is 0 Å². The highest BCUT2D eigenvalue weighted by Crippen LogP contribution is 2.33. The molecule has 0 radical (unpaired) electrons. The second-order valence-corrected chi connectivity index (χ2v) is 5.75. The molecule has 2 aromatic carbocycles. The van der Waals surface area contributed by atoms with Crippen LogP contribution in [0.5, 0.6) is 0 Å². The zero-order chi connectivity index (χ0) is 16.5. The van der Waals surface area contributed by atoms with E-state index in [4.69, 9.17) is 10.7 Å². The Hall–Kier alpha value is -3.27. The number of benzene rings is 2. The van der Waals surface area contributed by atoms with Crippen LogP contribution in [0.2, 0.25) is 0 Å². The van der Waals surface area contributed by atoms with Gasteiger partial charge in [-0.3, -0.25) is 0 Å². The van der Waals surface area contributed by atoms with Gasteiger partial charge in [0.25, 0.3) is 0 Å². The van der Waals surface area contributed by atoms with Crippen LogP contribution in [0, 0.1) is 6.92 Å². The number of aryl methyl sites for hydroxylation is 1. The number of hydrogen-bond donors (Lipinski definition) is 1. The molecule has 2 N–H and O–H groups in total. The molecule has 4 rings (SSSR count). The summed E-state index contributed by atoms with van der Waals surface area (Å²) in [7, 11) is 0. The standard InChI is InChI=1S/C20H16N4/c1-13-7-9-14(10-8-13)16-11-17-19(21)22-12-23-20(17)24-18(16)15-5-3-2-4-6-15/h2-12H,1H3,(H2,21,22,23,24). The third kappa shape index (κ3) is 2.48. The molecule has 0 spiro atoms. The molecular weight excluding hydrogens is 296 g/mol. The average Bonchev–Trinajstić information content (AvgIpc) is 2.63. The van der Waals surface area contributed by atoms with Crippen LogP contribution in [0.25, 0.3) is 33.4 Å². The number of nitrogen functional groups attached to an aromatic ring is 1. The second-order valence-electron chi connectivity index (χ2n) is 5.75. The molecule has 4 heteroatoms. The minimum Gasteiger partial charge on any atom is -0.383 e. The zero-order valence-electron chi connectivity index (χ0n) is 13.3. The summed E-state index contributed by atoms with van der Waals surface area (Å²) >= 11 is 0. The number of anilines is 1. The van der Waals surface area contributed by atoms with Crippen molar-refractivity contribution in [3.63, 3.8) is 0 Å². The summed E-state index contributed by atoms with van der Waals surface area (Å²) in [6, 6.07) is 20.5. The van der Waals surface area contributed by atoms with Gasteiger partial charge in [-0.2, -0.15) is 0 Å². The normalized spacial score (nSPS) is 10.9. The van der Waals surface area contributed by atoms with Crippen molar-refractivity contribution in [2.24, 2.45) is 0 Å². The van der Waals surface area contributed by atoms with Crippen molar-refractivity contribution in [2.45, 2.75) is 6.92 Å². The largest absolute Gasteiger partial charge is 0.383 e. The fraction of sp³-hybridized carbons (Fsp3) is 0.0500. The van der Waals surface area contributed by atoms with E-state index in [0.29, 0.717) is 11.5 Å². The van der Waals surface area contributed by atoms with Crippen molar-refractivity contribution in [1.29, 1.82) is 0 Å². The Labute approximate surface area is 140 Å². The maximum atomic E-state index is 6.02. The first-order valence-corrected chi connectivity index (χ1v) is 7.76. The Morgan fingerprint density at radius 1 is 0.833 bits per heavy atom. The molecule has 0 unspecified atom stereocenters. The molecule has 0 aliphatic heterocycles. The minimum absolute atomic E-state index is 0.445. The van der Waals surface area contributed by atoms with Gasteiger partial charge in [0.15, 0.2) is 5.65 Å². The molecule has 2 aromatic heterocycles. The molecule has 116 valence electrons. The molecule has 0 aliphatic rings. The van der Waals surface area contributed by atoms with Gasteiger partial charge in [0.1, 0.15) is 12.1 Å². The SMILES string of the molecule is Cc1ccc(-c2cc3c(N)ncnc3nc2-c2ccccc2)cc1. The first-order valence-electron chi connectivity index (χ1n) is 7.76. The molecule has 0 amide bonds. The third-order valence-electron chi connectivity index (χ3n) is 4.06. The molecule has 0 fully saturated rings. The Morgan fingerprint density at radius 2 is 1.58 bits per heavy atom. The highest BCUT2D eigenvalue weighted by molar-refractivity contribution is 5.94. The Kier molecular flexibility index (Phi) is 3.43. The maximum absolute atomic E-state index is 6.02. The number of hydrogen-bond acceptors (Lipinski definition) is 4. The van der Waals surface area contributed by atoms with E-state index in [9.17, 15) is 0 Å². The van der Waals surface area contributed by atoms with Crippen LogP contribution in [0.4, 0.5) is 5.82 Å².